The first kappa shape index (κ1) is 47.5. The molecule has 0 saturated heterocycles. The number of carboxylic acid groups (broad SMARTS) is 2. The molecule has 0 unspecified atom stereocenters. The smallest absolute Gasteiger partial charge is 0.335 e. The summed E-state index contributed by atoms with van der Waals surface area (Å²) in [6.45, 7) is 0. The Labute approximate surface area is 408 Å². The van der Waals surface area contributed by atoms with E-state index < -0.39 is 66.8 Å². The predicted molar refractivity (Wildman–Crippen MR) is 259 cm³/mol. The number of amides is 4. The number of rotatable bonds is 14. The average molecular weight is 997 g/mol. The lowest BCUT2D eigenvalue weighted by Gasteiger charge is -2.14. The van der Waals surface area contributed by atoms with Crippen LogP contribution < -0.4 is 9.80 Å². The Kier molecular flexibility index (Phi) is 12.2. The van der Waals surface area contributed by atoms with Gasteiger partial charge in [-0.25, -0.2) is 36.2 Å². The van der Waals surface area contributed by atoms with E-state index >= 15 is 0 Å². The van der Waals surface area contributed by atoms with Crippen molar-refractivity contribution in [1.82, 2.24) is 0 Å². The molecule has 2 aliphatic heterocycles. The first-order chi connectivity index (χ1) is 34.3. The Bertz CT molecular complexity index is 3590. The van der Waals surface area contributed by atoms with Crippen LogP contribution >= 0.6 is 0 Å². The molecule has 2 aliphatic rings. The lowest BCUT2D eigenvalue weighted by Crippen LogP contribution is -2.29. The number of allylic oxidation sites excluding steroid dienone is 2. The molecule has 354 valence electrons. The molecule has 2 N–H and O–H groups in total. The van der Waals surface area contributed by atoms with E-state index in [9.17, 15) is 55.2 Å². The van der Waals surface area contributed by atoms with Gasteiger partial charge in [0.2, 0.25) is 19.7 Å². The number of carbonyl (C=O) groups excluding carboxylic acids is 6. The second-order valence-electron chi connectivity index (χ2n) is 16.1. The monoisotopic (exact) mass is 996 g/mol. The van der Waals surface area contributed by atoms with Crippen LogP contribution in [-0.2, 0) is 19.7 Å². The Hall–Kier alpha value is -9.52. The molecule has 2 heterocycles. The van der Waals surface area contributed by atoms with E-state index in [1.807, 2.05) is 0 Å². The number of carboxylic acids is 2. The molecule has 0 radical (unpaired) electrons. The highest BCUT2D eigenvalue weighted by atomic mass is 32.2. The van der Waals surface area contributed by atoms with Gasteiger partial charge in [0.15, 0.2) is 11.6 Å². The molecule has 0 aliphatic carbocycles. The number of hydrogen-bond acceptors (Lipinski definition) is 12. The van der Waals surface area contributed by atoms with Crippen LogP contribution in [0.25, 0.3) is 12.2 Å². The number of carbonyl (C=O) groups is 8. The number of fused-ring (bicyclic) bond motifs is 2. The molecule has 4 amide bonds. The number of anilines is 2. The Morgan fingerprint density at radius 2 is 0.708 bits per heavy atom. The minimum absolute atomic E-state index is 0.0460. The van der Waals surface area contributed by atoms with E-state index in [1.165, 1.54) is 84.9 Å². The van der Waals surface area contributed by atoms with Crippen LogP contribution in [0.15, 0.2) is 189 Å². The van der Waals surface area contributed by atoms with Gasteiger partial charge in [0.1, 0.15) is 0 Å². The molecule has 0 spiro atoms. The van der Waals surface area contributed by atoms with Gasteiger partial charge in [-0.05, 0) is 132 Å². The lowest BCUT2D eigenvalue weighted by atomic mass is 10.1. The summed E-state index contributed by atoms with van der Waals surface area (Å²) < 4.78 is 53.4. The first-order valence-electron chi connectivity index (χ1n) is 21.3. The molecule has 0 bridgehead atoms. The standard InChI is InChI=1S/C54H32N2O14S2/c57-47(35-3-1-5-37(27-35)55-49(59)43-23-21-41(29-45(43)51(55)61)71(67,68)39-17-13-33(14-18-39)53(63)64)25-11-31-7-9-32(10-8-31)12-26-48(58)36-4-2-6-38(28-36)56-50(60)44-24-22-42(30-46(44)52(56)62)72(69,70)40-19-15-34(16-20-40)54(65)66/h1-30H,(H,63,64)(H,65,66). The zero-order valence-electron chi connectivity index (χ0n) is 36.8. The van der Waals surface area contributed by atoms with E-state index in [2.05, 4.69) is 0 Å². The fourth-order valence-electron chi connectivity index (χ4n) is 7.92. The Morgan fingerprint density at radius 1 is 0.375 bits per heavy atom. The number of hydrogen-bond donors (Lipinski definition) is 2. The molecule has 0 atom stereocenters. The van der Waals surface area contributed by atoms with Gasteiger partial charge in [0, 0.05) is 11.1 Å². The zero-order valence-corrected chi connectivity index (χ0v) is 38.5. The molecular weight excluding hydrogens is 965 g/mol. The average Bonchev–Trinajstić information content (AvgIpc) is 3.80. The number of nitrogens with zero attached hydrogens (tertiary/aromatic N) is 2. The fraction of sp³-hybridized carbons (Fsp3) is 0. The fourth-order valence-corrected chi connectivity index (χ4v) is 10.5. The summed E-state index contributed by atoms with van der Waals surface area (Å²) in [5, 5.41) is 18.3. The maximum Gasteiger partial charge on any atom is 0.335 e. The number of aromatic carboxylic acids is 2. The summed E-state index contributed by atoms with van der Waals surface area (Å²) >= 11 is 0. The van der Waals surface area contributed by atoms with Crippen molar-refractivity contribution in [2.45, 2.75) is 19.6 Å². The van der Waals surface area contributed by atoms with Crippen LogP contribution in [0.2, 0.25) is 0 Å². The quantitative estimate of drug-likeness (QED) is 0.0593. The number of sulfone groups is 2. The summed E-state index contributed by atoms with van der Waals surface area (Å²) in [6, 6.07) is 34.4. The number of imide groups is 2. The van der Waals surface area contributed by atoms with Crippen LogP contribution in [0.1, 0.15) is 94.0 Å². The highest BCUT2D eigenvalue weighted by Gasteiger charge is 2.39. The van der Waals surface area contributed by atoms with Crippen molar-refractivity contribution >= 4 is 90.3 Å². The molecule has 7 aromatic rings. The van der Waals surface area contributed by atoms with E-state index in [-0.39, 0.29) is 75.5 Å². The van der Waals surface area contributed by atoms with E-state index in [1.54, 1.807) is 36.4 Å². The molecule has 7 aromatic carbocycles. The molecular formula is C54H32N2O14S2. The Morgan fingerprint density at radius 3 is 1.06 bits per heavy atom. The predicted octanol–water partition coefficient (Wildman–Crippen LogP) is 8.14. The molecule has 72 heavy (non-hydrogen) atoms. The molecule has 16 nitrogen and oxygen atoms in total. The minimum atomic E-state index is -4.20. The SMILES string of the molecule is O=C(O)c1ccc(S(=O)(=O)c2ccc3c(c2)C(=O)N(c2cccc(C(=O)C=Cc4ccc(C=CC(=O)c5cccc(N6C(=O)c7ccc(S(=O)(=O)c8ccc(C(=O)O)cc8)cc7C6=O)c5)cc4)c2)C3=O)cc1. The third-order valence-corrected chi connectivity index (χ3v) is 15.3. The van der Waals surface area contributed by atoms with E-state index in [0.29, 0.717) is 11.1 Å². The topological polar surface area (TPSA) is 252 Å². The summed E-state index contributed by atoms with van der Waals surface area (Å²) in [7, 11) is -8.40. The van der Waals surface area contributed by atoms with Crippen molar-refractivity contribution in [1.29, 1.82) is 0 Å². The summed E-state index contributed by atoms with van der Waals surface area (Å²) in [5.41, 5.74) is 0.990. The maximum atomic E-state index is 13.6. The van der Waals surface area contributed by atoms with Crippen molar-refractivity contribution in [2.75, 3.05) is 9.80 Å². The first-order valence-corrected chi connectivity index (χ1v) is 24.3. The summed E-state index contributed by atoms with van der Waals surface area (Å²) in [4.78, 5) is 104. The van der Waals surface area contributed by atoms with Gasteiger partial charge in [0.25, 0.3) is 23.6 Å². The third-order valence-electron chi connectivity index (χ3n) is 11.7. The van der Waals surface area contributed by atoms with Gasteiger partial charge >= 0.3 is 11.9 Å². The summed E-state index contributed by atoms with van der Waals surface area (Å²) in [5.74, 6) is -6.47. The molecule has 18 heteroatoms. The van der Waals surface area contributed by atoms with Crippen molar-refractivity contribution in [3.8, 4) is 0 Å². The number of ketones is 2. The van der Waals surface area contributed by atoms with Crippen molar-refractivity contribution in [3.05, 3.63) is 226 Å². The third kappa shape index (κ3) is 8.74. The second-order valence-corrected chi connectivity index (χ2v) is 20.0. The van der Waals surface area contributed by atoms with Gasteiger partial charge in [0.05, 0.1) is 64.3 Å². The number of benzene rings is 7. The molecule has 9 rings (SSSR count). The highest BCUT2D eigenvalue weighted by Crippen LogP contribution is 2.34. The van der Waals surface area contributed by atoms with Crippen LogP contribution in [-0.4, -0.2) is 74.2 Å². The molecule has 0 aromatic heterocycles. The van der Waals surface area contributed by atoms with E-state index in [0.717, 1.165) is 70.5 Å². The summed E-state index contributed by atoms with van der Waals surface area (Å²) in [6.07, 6.45) is 5.67. The van der Waals surface area contributed by atoms with Gasteiger partial charge in [-0.3, -0.25) is 28.8 Å². The van der Waals surface area contributed by atoms with E-state index in [4.69, 9.17) is 10.2 Å². The Balaban J connectivity index is 0.836. The largest absolute Gasteiger partial charge is 0.478 e. The van der Waals surface area contributed by atoms with Crippen molar-refractivity contribution in [3.63, 3.8) is 0 Å². The second kappa shape index (κ2) is 18.4. The molecule has 0 saturated carbocycles. The van der Waals surface area contributed by atoms with Crippen molar-refractivity contribution < 1.29 is 65.4 Å². The van der Waals surface area contributed by atoms with Gasteiger partial charge < -0.3 is 10.2 Å². The van der Waals surface area contributed by atoms with Crippen molar-refractivity contribution in [2.24, 2.45) is 0 Å². The highest BCUT2D eigenvalue weighted by molar-refractivity contribution is 7.91. The normalized spacial score (nSPS) is 13.5. The minimum Gasteiger partial charge on any atom is -0.478 e. The van der Waals surface area contributed by atoms with Gasteiger partial charge in [-0.1, -0.05) is 60.7 Å². The van der Waals surface area contributed by atoms with Gasteiger partial charge in [-0.2, -0.15) is 0 Å². The maximum absolute atomic E-state index is 13.6. The van der Waals surface area contributed by atoms with Gasteiger partial charge in [-0.15, -0.1) is 0 Å². The zero-order chi connectivity index (χ0) is 51.2. The lowest BCUT2D eigenvalue weighted by molar-refractivity contribution is 0.0686. The van der Waals surface area contributed by atoms with Crippen LogP contribution in [0.4, 0.5) is 11.4 Å². The van der Waals surface area contributed by atoms with Crippen LogP contribution in [0.3, 0.4) is 0 Å². The molecule has 0 fully saturated rings. The van der Waals surface area contributed by atoms with Crippen LogP contribution in [0.5, 0.6) is 0 Å². The van der Waals surface area contributed by atoms with Crippen LogP contribution in [0, 0.1) is 0 Å².